The van der Waals surface area contributed by atoms with Crippen molar-refractivity contribution in [1.29, 1.82) is 5.26 Å². The average Bonchev–Trinajstić information content (AvgIpc) is 2.89. The van der Waals surface area contributed by atoms with Crippen LogP contribution in [0.1, 0.15) is 30.6 Å². The first-order chi connectivity index (χ1) is 10.5. The van der Waals surface area contributed by atoms with Crippen LogP contribution in [-0.4, -0.2) is 21.9 Å². The van der Waals surface area contributed by atoms with Crippen molar-refractivity contribution < 1.29 is 9.53 Å². The lowest BCUT2D eigenvalue weighted by molar-refractivity contribution is 0.0378. The molecule has 1 aromatic carbocycles. The predicted molar refractivity (Wildman–Crippen MR) is 83.5 cm³/mol. The molecule has 0 saturated heterocycles. The molecule has 0 radical (unpaired) electrons. The molecule has 0 fully saturated rings. The van der Waals surface area contributed by atoms with E-state index in [1.165, 1.54) is 0 Å². The first kappa shape index (κ1) is 16.1. The highest BCUT2D eigenvalue weighted by molar-refractivity contribution is 6.30. The molecule has 1 aromatic heterocycles. The fraction of sp³-hybridized carbons (Fsp3) is 0.312. The van der Waals surface area contributed by atoms with Crippen LogP contribution in [0.5, 0.6) is 0 Å². The number of nitriles is 1. The van der Waals surface area contributed by atoms with Gasteiger partial charge >= 0.3 is 5.97 Å². The normalized spacial score (nSPS) is 10.5. The Labute approximate surface area is 134 Å². The molecule has 0 amide bonds. The maximum atomic E-state index is 12.2. The van der Waals surface area contributed by atoms with Crippen molar-refractivity contribution in [2.45, 2.75) is 32.9 Å². The van der Waals surface area contributed by atoms with E-state index in [4.69, 9.17) is 21.6 Å². The quantitative estimate of drug-likeness (QED) is 0.789. The Morgan fingerprint density at radius 1 is 1.41 bits per heavy atom. The van der Waals surface area contributed by atoms with Gasteiger partial charge in [-0.25, -0.2) is 4.79 Å². The fourth-order valence-corrected chi connectivity index (χ4v) is 2.07. The standard InChI is InChI=1S/C16H16ClN3O2/c1-11(2)22-16(21)14-10-20(9-3-8-18)19-15(14)12-4-6-13(17)7-5-12/h4-7,10-11H,3,9H2,1-2H3. The number of nitrogens with zero attached hydrogens (tertiary/aromatic N) is 3. The second-order valence-corrected chi connectivity index (χ2v) is 5.46. The molecule has 5 nitrogen and oxygen atoms in total. The minimum atomic E-state index is -0.428. The van der Waals surface area contributed by atoms with E-state index < -0.39 is 5.97 Å². The molecule has 2 aromatic rings. The Bertz CT molecular complexity index is 699. The minimum Gasteiger partial charge on any atom is -0.459 e. The lowest BCUT2D eigenvalue weighted by atomic mass is 10.1. The number of benzene rings is 1. The molecule has 22 heavy (non-hydrogen) atoms. The van der Waals surface area contributed by atoms with Crippen molar-refractivity contribution in [2.75, 3.05) is 0 Å². The molecule has 0 aliphatic carbocycles. The topological polar surface area (TPSA) is 67.9 Å². The average molecular weight is 318 g/mol. The second kappa shape index (κ2) is 7.10. The summed E-state index contributed by atoms with van der Waals surface area (Å²) in [5.41, 5.74) is 1.69. The fourth-order valence-electron chi connectivity index (χ4n) is 1.95. The molecule has 0 saturated carbocycles. The van der Waals surface area contributed by atoms with Crippen LogP contribution in [0.2, 0.25) is 5.02 Å². The summed E-state index contributed by atoms with van der Waals surface area (Å²) < 4.78 is 6.84. The summed E-state index contributed by atoms with van der Waals surface area (Å²) in [6.45, 7) is 4.01. The van der Waals surface area contributed by atoms with Gasteiger partial charge in [-0.05, 0) is 26.0 Å². The van der Waals surface area contributed by atoms with Crippen LogP contribution in [-0.2, 0) is 11.3 Å². The molecule has 0 aliphatic heterocycles. The van der Waals surface area contributed by atoms with Crippen molar-refractivity contribution in [3.05, 3.63) is 41.0 Å². The Hall–Kier alpha value is -2.32. The van der Waals surface area contributed by atoms with Gasteiger partial charge in [0.1, 0.15) is 11.3 Å². The van der Waals surface area contributed by atoms with Crippen LogP contribution in [0.15, 0.2) is 30.5 Å². The highest BCUT2D eigenvalue weighted by atomic mass is 35.5. The second-order valence-electron chi connectivity index (χ2n) is 5.02. The van der Waals surface area contributed by atoms with Gasteiger partial charge in [0.25, 0.3) is 0 Å². The zero-order chi connectivity index (χ0) is 16.1. The van der Waals surface area contributed by atoms with Gasteiger partial charge in [0.2, 0.25) is 0 Å². The van der Waals surface area contributed by atoms with Crippen molar-refractivity contribution in [3.8, 4) is 17.3 Å². The summed E-state index contributed by atoms with van der Waals surface area (Å²) >= 11 is 5.89. The van der Waals surface area contributed by atoms with E-state index in [9.17, 15) is 4.79 Å². The Morgan fingerprint density at radius 3 is 2.68 bits per heavy atom. The van der Waals surface area contributed by atoms with E-state index in [0.717, 1.165) is 5.56 Å². The van der Waals surface area contributed by atoms with Gasteiger partial charge in [0.15, 0.2) is 0 Å². The third-order valence-electron chi connectivity index (χ3n) is 2.89. The van der Waals surface area contributed by atoms with Crippen LogP contribution in [0, 0.1) is 11.3 Å². The molecule has 2 rings (SSSR count). The van der Waals surface area contributed by atoms with Gasteiger partial charge in [0.05, 0.1) is 25.1 Å². The smallest absolute Gasteiger partial charge is 0.342 e. The van der Waals surface area contributed by atoms with Crippen LogP contribution < -0.4 is 0 Å². The molecule has 1 heterocycles. The number of esters is 1. The number of hydrogen-bond donors (Lipinski definition) is 0. The van der Waals surface area contributed by atoms with Crippen molar-refractivity contribution in [3.63, 3.8) is 0 Å². The maximum Gasteiger partial charge on any atom is 0.342 e. The van der Waals surface area contributed by atoms with Crippen molar-refractivity contribution >= 4 is 17.6 Å². The molecule has 0 atom stereocenters. The molecular formula is C16H16ClN3O2. The minimum absolute atomic E-state index is 0.215. The number of ether oxygens (including phenoxy) is 1. The number of rotatable bonds is 5. The molecule has 0 aliphatic rings. The monoisotopic (exact) mass is 317 g/mol. The van der Waals surface area contributed by atoms with E-state index in [2.05, 4.69) is 11.2 Å². The van der Waals surface area contributed by atoms with E-state index in [-0.39, 0.29) is 6.10 Å². The third-order valence-corrected chi connectivity index (χ3v) is 3.15. The largest absolute Gasteiger partial charge is 0.459 e. The summed E-state index contributed by atoms with van der Waals surface area (Å²) in [5, 5.41) is 13.7. The third kappa shape index (κ3) is 3.86. The molecule has 114 valence electrons. The number of carbonyl (C=O) groups excluding carboxylic acids is 1. The molecule has 0 N–H and O–H groups in total. The van der Waals surface area contributed by atoms with E-state index in [0.29, 0.717) is 29.2 Å². The predicted octanol–water partition coefficient (Wildman–Crippen LogP) is 3.68. The SMILES string of the molecule is CC(C)OC(=O)c1cn(CCC#N)nc1-c1ccc(Cl)cc1. The van der Waals surface area contributed by atoms with E-state index in [1.807, 2.05) is 0 Å². The number of hydrogen-bond acceptors (Lipinski definition) is 4. The van der Waals surface area contributed by atoms with Crippen molar-refractivity contribution in [2.24, 2.45) is 0 Å². The Kier molecular flexibility index (Phi) is 5.18. The van der Waals surface area contributed by atoms with Gasteiger partial charge in [-0.15, -0.1) is 0 Å². The Morgan fingerprint density at radius 2 is 2.09 bits per heavy atom. The lowest BCUT2D eigenvalue weighted by Crippen LogP contribution is -2.11. The molecule has 0 bridgehead atoms. The maximum absolute atomic E-state index is 12.2. The van der Waals surface area contributed by atoms with Gasteiger partial charge in [-0.3, -0.25) is 4.68 Å². The number of aromatic nitrogens is 2. The van der Waals surface area contributed by atoms with Gasteiger partial charge in [-0.2, -0.15) is 10.4 Å². The van der Waals surface area contributed by atoms with Gasteiger partial charge in [-0.1, -0.05) is 23.7 Å². The molecule has 0 spiro atoms. The summed E-state index contributed by atoms with van der Waals surface area (Å²) in [6.07, 6.45) is 1.72. The molecule has 6 heteroatoms. The number of aryl methyl sites for hydroxylation is 1. The summed E-state index contributed by atoms with van der Waals surface area (Å²) in [4.78, 5) is 12.2. The molecule has 0 unspecified atom stereocenters. The summed E-state index contributed by atoms with van der Waals surface area (Å²) in [7, 11) is 0. The van der Waals surface area contributed by atoms with Crippen LogP contribution in [0.25, 0.3) is 11.3 Å². The number of halogens is 1. The summed E-state index contributed by atoms with van der Waals surface area (Å²) in [6, 6.07) is 9.13. The zero-order valence-electron chi connectivity index (χ0n) is 12.4. The van der Waals surface area contributed by atoms with Crippen LogP contribution in [0.4, 0.5) is 0 Å². The van der Waals surface area contributed by atoms with E-state index in [1.54, 1.807) is 49.0 Å². The highest BCUT2D eigenvalue weighted by Crippen LogP contribution is 2.25. The molecular weight excluding hydrogens is 302 g/mol. The van der Waals surface area contributed by atoms with Crippen LogP contribution in [0.3, 0.4) is 0 Å². The van der Waals surface area contributed by atoms with E-state index >= 15 is 0 Å². The first-order valence-electron chi connectivity index (χ1n) is 6.92. The van der Waals surface area contributed by atoms with Gasteiger partial charge in [0, 0.05) is 16.8 Å². The highest BCUT2D eigenvalue weighted by Gasteiger charge is 2.20. The lowest BCUT2D eigenvalue weighted by Gasteiger charge is -2.07. The van der Waals surface area contributed by atoms with Gasteiger partial charge < -0.3 is 4.74 Å². The Balaban J connectivity index is 2.41. The number of carbonyl (C=O) groups is 1. The zero-order valence-corrected chi connectivity index (χ0v) is 13.2. The van der Waals surface area contributed by atoms with Crippen molar-refractivity contribution in [1.82, 2.24) is 9.78 Å². The summed E-state index contributed by atoms with van der Waals surface area (Å²) in [5.74, 6) is -0.428. The first-order valence-corrected chi connectivity index (χ1v) is 7.30. The van der Waals surface area contributed by atoms with Crippen LogP contribution >= 0.6 is 11.6 Å².